The van der Waals surface area contributed by atoms with Crippen LogP contribution in [0.2, 0.25) is 0 Å². The minimum Gasteiger partial charge on any atom is -0.484 e. The number of hydrogen-bond donors (Lipinski definition) is 1. The summed E-state index contributed by atoms with van der Waals surface area (Å²) in [6, 6.07) is 7.63. The summed E-state index contributed by atoms with van der Waals surface area (Å²) in [5.41, 5.74) is 5.98. The quantitative estimate of drug-likeness (QED) is 0.877. The number of nitrogens with zero attached hydrogens (tertiary/aromatic N) is 1. The fourth-order valence-electron chi connectivity index (χ4n) is 2.57. The highest BCUT2D eigenvalue weighted by atomic mass is 79.9. The Morgan fingerprint density at radius 1 is 1.43 bits per heavy atom. The molecule has 0 bridgehead atoms. The van der Waals surface area contributed by atoms with E-state index < -0.39 is 0 Å². The van der Waals surface area contributed by atoms with Gasteiger partial charge in [-0.2, -0.15) is 0 Å². The molecular formula is C15H22BrClN2O2. The summed E-state index contributed by atoms with van der Waals surface area (Å²) in [7, 11) is 0. The van der Waals surface area contributed by atoms with Gasteiger partial charge in [-0.25, -0.2) is 0 Å². The van der Waals surface area contributed by atoms with E-state index in [4.69, 9.17) is 10.5 Å². The average Bonchev–Trinajstić information content (AvgIpc) is 2.46. The van der Waals surface area contributed by atoms with Crippen molar-refractivity contribution in [1.82, 2.24) is 4.90 Å². The second kappa shape index (κ2) is 8.61. The van der Waals surface area contributed by atoms with Crippen LogP contribution < -0.4 is 10.5 Å². The molecule has 1 fully saturated rings. The summed E-state index contributed by atoms with van der Waals surface area (Å²) < 4.78 is 6.54. The summed E-state index contributed by atoms with van der Waals surface area (Å²) in [6.07, 6.45) is 3.18. The van der Waals surface area contributed by atoms with E-state index in [-0.39, 0.29) is 37.0 Å². The molecule has 2 N–H and O–H groups in total. The molecule has 1 aliphatic heterocycles. The summed E-state index contributed by atoms with van der Waals surface area (Å²) in [5, 5.41) is 0. The zero-order valence-corrected chi connectivity index (χ0v) is 14.5. The van der Waals surface area contributed by atoms with E-state index in [1.807, 2.05) is 36.1 Å². The fraction of sp³-hybridized carbons (Fsp3) is 0.533. The highest BCUT2D eigenvalue weighted by molar-refractivity contribution is 9.10. The first-order valence-corrected chi connectivity index (χ1v) is 7.80. The molecule has 4 nitrogen and oxygen atoms in total. The van der Waals surface area contributed by atoms with E-state index in [0.29, 0.717) is 5.75 Å². The number of hydrogen-bond acceptors (Lipinski definition) is 3. The van der Waals surface area contributed by atoms with Gasteiger partial charge >= 0.3 is 0 Å². The monoisotopic (exact) mass is 376 g/mol. The Morgan fingerprint density at radius 2 is 2.10 bits per heavy atom. The van der Waals surface area contributed by atoms with Crippen molar-refractivity contribution in [1.29, 1.82) is 0 Å². The number of piperidine rings is 1. The number of likely N-dealkylation sites (tertiary alicyclic amines) is 1. The molecule has 1 aliphatic rings. The normalized spacial score (nSPS) is 19.6. The van der Waals surface area contributed by atoms with Crippen molar-refractivity contribution in [3.63, 3.8) is 0 Å². The van der Waals surface area contributed by atoms with E-state index >= 15 is 0 Å². The molecule has 2 rings (SSSR count). The minimum absolute atomic E-state index is 0. The summed E-state index contributed by atoms with van der Waals surface area (Å²) >= 11 is 3.37. The minimum atomic E-state index is 0. The first kappa shape index (κ1) is 18.3. The molecule has 1 heterocycles. The lowest BCUT2D eigenvalue weighted by atomic mass is 9.97. The maximum Gasteiger partial charge on any atom is 0.260 e. The van der Waals surface area contributed by atoms with Gasteiger partial charge in [-0.3, -0.25) is 4.79 Å². The molecule has 1 amide bonds. The lowest BCUT2D eigenvalue weighted by Gasteiger charge is -2.38. The van der Waals surface area contributed by atoms with Gasteiger partial charge in [0.05, 0.1) is 0 Å². The topological polar surface area (TPSA) is 55.6 Å². The number of ether oxygens (including phenoxy) is 1. The standard InChI is InChI=1S/C15H21BrN2O2.ClH/c1-11(17)14-4-2-3-9-18(14)15(19)10-20-13-7-5-12(16)6-8-13;/h5-8,11,14H,2-4,9-10,17H2,1H3;1H. The molecule has 118 valence electrons. The molecule has 2 unspecified atom stereocenters. The van der Waals surface area contributed by atoms with E-state index in [0.717, 1.165) is 30.3 Å². The van der Waals surface area contributed by atoms with Gasteiger partial charge in [0.1, 0.15) is 5.75 Å². The van der Waals surface area contributed by atoms with Crippen molar-refractivity contribution in [2.24, 2.45) is 5.73 Å². The zero-order chi connectivity index (χ0) is 14.5. The SMILES string of the molecule is CC(N)C1CCCCN1C(=O)COc1ccc(Br)cc1.Cl. The van der Waals surface area contributed by atoms with Crippen molar-refractivity contribution < 1.29 is 9.53 Å². The van der Waals surface area contributed by atoms with Crippen LogP contribution in [-0.2, 0) is 4.79 Å². The first-order chi connectivity index (χ1) is 9.58. The van der Waals surface area contributed by atoms with Crippen LogP contribution in [0.3, 0.4) is 0 Å². The van der Waals surface area contributed by atoms with Crippen molar-refractivity contribution in [2.75, 3.05) is 13.2 Å². The van der Waals surface area contributed by atoms with Gasteiger partial charge in [0, 0.05) is 23.1 Å². The first-order valence-electron chi connectivity index (χ1n) is 7.01. The second-order valence-corrected chi connectivity index (χ2v) is 6.17. The Bertz CT molecular complexity index is 453. The molecule has 1 aromatic rings. The lowest BCUT2D eigenvalue weighted by Crippen LogP contribution is -2.52. The third-order valence-electron chi connectivity index (χ3n) is 3.65. The van der Waals surface area contributed by atoms with Crippen LogP contribution in [0.15, 0.2) is 28.7 Å². The predicted octanol–water partition coefficient (Wildman–Crippen LogP) is 2.98. The molecule has 0 spiro atoms. The van der Waals surface area contributed by atoms with E-state index in [1.165, 1.54) is 0 Å². The second-order valence-electron chi connectivity index (χ2n) is 5.25. The zero-order valence-electron chi connectivity index (χ0n) is 12.1. The van der Waals surface area contributed by atoms with Crippen molar-refractivity contribution in [2.45, 2.75) is 38.3 Å². The van der Waals surface area contributed by atoms with E-state index in [9.17, 15) is 4.79 Å². The fourth-order valence-corrected chi connectivity index (χ4v) is 2.84. The van der Waals surface area contributed by atoms with Crippen molar-refractivity contribution in [3.8, 4) is 5.75 Å². The van der Waals surface area contributed by atoms with Gasteiger partial charge in [-0.05, 0) is 50.5 Å². The van der Waals surface area contributed by atoms with Crippen molar-refractivity contribution in [3.05, 3.63) is 28.7 Å². The van der Waals surface area contributed by atoms with Gasteiger partial charge in [0.15, 0.2) is 6.61 Å². The molecule has 0 radical (unpaired) electrons. The van der Waals surface area contributed by atoms with E-state index in [2.05, 4.69) is 15.9 Å². The number of nitrogens with two attached hydrogens (primary N) is 1. The van der Waals surface area contributed by atoms with Crippen LogP contribution in [0.1, 0.15) is 26.2 Å². The largest absolute Gasteiger partial charge is 0.484 e. The van der Waals surface area contributed by atoms with Gasteiger partial charge in [0.25, 0.3) is 5.91 Å². The molecule has 0 saturated carbocycles. The van der Waals surface area contributed by atoms with Crippen LogP contribution >= 0.6 is 28.3 Å². The van der Waals surface area contributed by atoms with Gasteiger partial charge in [0.2, 0.25) is 0 Å². The average molecular weight is 378 g/mol. The summed E-state index contributed by atoms with van der Waals surface area (Å²) in [5.74, 6) is 0.728. The molecular weight excluding hydrogens is 356 g/mol. The Balaban J connectivity index is 0.00000220. The Kier molecular flexibility index (Phi) is 7.49. The molecule has 6 heteroatoms. The third-order valence-corrected chi connectivity index (χ3v) is 4.18. The van der Waals surface area contributed by atoms with Gasteiger partial charge in [-0.15, -0.1) is 12.4 Å². The smallest absolute Gasteiger partial charge is 0.260 e. The van der Waals surface area contributed by atoms with Gasteiger partial charge in [-0.1, -0.05) is 15.9 Å². The molecule has 1 saturated heterocycles. The number of carbonyl (C=O) groups is 1. The highest BCUT2D eigenvalue weighted by Gasteiger charge is 2.29. The number of carbonyl (C=O) groups excluding carboxylic acids is 1. The number of halogens is 2. The molecule has 2 atom stereocenters. The lowest BCUT2D eigenvalue weighted by molar-refractivity contribution is -0.137. The van der Waals surface area contributed by atoms with Crippen LogP contribution in [0.4, 0.5) is 0 Å². The van der Waals surface area contributed by atoms with Crippen LogP contribution in [0, 0.1) is 0 Å². The molecule has 0 aliphatic carbocycles. The van der Waals surface area contributed by atoms with Crippen molar-refractivity contribution >= 4 is 34.2 Å². The number of rotatable bonds is 4. The van der Waals surface area contributed by atoms with Crippen LogP contribution in [0.5, 0.6) is 5.75 Å². The van der Waals surface area contributed by atoms with Gasteiger partial charge < -0.3 is 15.4 Å². The predicted molar refractivity (Wildman–Crippen MR) is 89.9 cm³/mol. The van der Waals surface area contributed by atoms with E-state index in [1.54, 1.807) is 0 Å². The summed E-state index contributed by atoms with van der Waals surface area (Å²) in [6.45, 7) is 2.82. The maximum atomic E-state index is 12.3. The maximum absolute atomic E-state index is 12.3. The summed E-state index contributed by atoms with van der Waals surface area (Å²) in [4.78, 5) is 14.2. The molecule has 1 aromatic carbocycles. The number of benzene rings is 1. The Morgan fingerprint density at radius 3 is 2.71 bits per heavy atom. The van der Waals surface area contributed by atoms with Crippen LogP contribution in [0.25, 0.3) is 0 Å². The highest BCUT2D eigenvalue weighted by Crippen LogP contribution is 2.20. The third kappa shape index (κ3) is 5.16. The van der Waals surface area contributed by atoms with Crippen LogP contribution in [-0.4, -0.2) is 36.0 Å². The Labute approximate surface area is 140 Å². The Hall–Kier alpha value is -0.780. The molecule has 21 heavy (non-hydrogen) atoms. The molecule has 0 aromatic heterocycles. The number of amides is 1.